The van der Waals surface area contributed by atoms with Gasteiger partial charge in [-0.3, -0.25) is 14.6 Å². The van der Waals surface area contributed by atoms with E-state index in [-0.39, 0.29) is 29.9 Å². The normalized spacial score (nSPS) is 13.0. The smallest absolute Gasteiger partial charge is 0.253 e. The number of nitrogens with two attached hydrogens (primary N) is 1. The maximum absolute atomic E-state index is 13.9. The van der Waals surface area contributed by atoms with Crippen LogP contribution in [0, 0.1) is 5.92 Å². The molecule has 0 radical (unpaired) electrons. The Labute approximate surface area is 283 Å². The number of carbonyl (C=O) groups excluding carboxylic acids is 2. The van der Waals surface area contributed by atoms with Crippen LogP contribution in [-0.4, -0.2) is 66.4 Å². The fourth-order valence-electron chi connectivity index (χ4n) is 5.65. The molecule has 1 heterocycles. The lowest BCUT2D eigenvalue weighted by Crippen LogP contribution is -2.50. The third-order valence-electron chi connectivity index (χ3n) is 8.06. The van der Waals surface area contributed by atoms with Crippen molar-refractivity contribution in [3.05, 3.63) is 126 Å². The fraction of sp³-hybridized carbons (Fsp3) is 0.324. The van der Waals surface area contributed by atoms with E-state index in [1.54, 1.807) is 30.5 Å². The third-order valence-corrected chi connectivity index (χ3v) is 9.99. The molecule has 2 atom stereocenters. The minimum atomic E-state index is -3.88. The van der Waals surface area contributed by atoms with Gasteiger partial charge in [0.05, 0.1) is 17.1 Å². The molecule has 11 heteroatoms. The Morgan fingerprint density at radius 1 is 0.875 bits per heavy atom. The molecule has 0 saturated heterocycles. The molecular weight excluding hydrogens is 627 g/mol. The monoisotopic (exact) mass is 671 g/mol. The Bertz CT molecular complexity index is 1650. The maximum Gasteiger partial charge on any atom is 0.253 e. The van der Waals surface area contributed by atoms with Crippen LogP contribution >= 0.6 is 0 Å². The Balaban J connectivity index is 1.48. The Morgan fingerprint density at radius 3 is 2.04 bits per heavy atom. The number of nitrogen functional groups attached to an aromatic ring is 1. The van der Waals surface area contributed by atoms with E-state index in [1.165, 1.54) is 22.6 Å². The van der Waals surface area contributed by atoms with Crippen LogP contribution in [0.1, 0.15) is 60.5 Å². The number of carbonyl (C=O) groups is 2. The van der Waals surface area contributed by atoms with Crippen LogP contribution in [0.2, 0.25) is 0 Å². The highest BCUT2D eigenvalue weighted by molar-refractivity contribution is 7.89. The van der Waals surface area contributed by atoms with Gasteiger partial charge in [-0.05, 0) is 66.3 Å². The fourth-order valence-corrected chi connectivity index (χ4v) is 7.46. The van der Waals surface area contributed by atoms with E-state index >= 15 is 0 Å². The number of aliphatic hydroxyl groups excluding tert-OH is 1. The van der Waals surface area contributed by atoms with Gasteiger partial charge in [-0.25, -0.2) is 8.42 Å². The summed E-state index contributed by atoms with van der Waals surface area (Å²) in [7, 11) is -3.88. The standard InChI is InChI=1S/C37H45N5O5S/c1-27(2)25-42(48(46,47)33-20-18-31(38)19-21-33)32(26-43)17-9-10-23-40-37(45)35(41-36(44)30-16-11-22-39-24-30)34(28-12-5-3-6-13-28)29-14-7-4-8-15-29/h3-8,11-16,18-22,24,27,32,34-35,43H,9-10,17,23,25-26,38H2,1-2H3,(H,40,45)(H,41,44)/t32-,35-/m0/s1. The van der Waals surface area contributed by atoms with Crippen molar-refractivity contribution >= 4 is 27.5 Å². The molecule has 0 spiro atoms. The predicted octanol–water partition coefficient (Wildman–Crippen LogP) is 4.59. The summed E-state index contributed by atoms with van der Waals surface area (Å²) in [5.41, 5.74) is 8.31. The van der Waals surface area contributed by atoms with Gasteiger partial charge in [-0.2, -0.15) is 4.31 Å². The van der Waals surface area contributed by atoms with Crippen LogP contribution in [-0.2, 0) is 14.8 Å². The van der Waals surface area contributed by atoms with Gasteiger partial charge in [0.2, 0.25) is 15.9 Å². The van der Waals surface area contributed by atoms with Crippen LogP contribution < -0.4 is 16.4 Å². The van der Waals surface area contributed by atoms with E-state index in [1.807, 2.05) is 74.5 Å². The molecule has 0 saturated carbocycles. The first-order chi connectivity index (χ1) is 23.1. The summed E-state index contributed by atoms with van der Waals surface area (Å²) in [6.07, 6.45) is 4.51. The maximum atomic E-state index is 13.9. The Kier molecular flexibility index (Phi) is 13.2. The van der Waals surface area contributed by atoms with Crippen molar-refractivity contribution in [1.29, 1.82) is 0 Å². The molecule has 0 unspecified atom stereocenters. The van der Waals surface area contributed by atoms with Crippen LogP contribution in [0.25, 0.3) is 0 Å². The molecule has 4 aromatic rings. The van der Waals surface area contributed by atoms with Crippen LogP contribution in [0.15, 0.2) is 114 Å². The number of benzene rings is 3. The number of rotatable bonds is 17. The summed E-state index contributed by atoms with van der Waals surface area (Å²) in [4.78, 5) is 31.4. The van der Waals surface area contributed by atoms with E-state index in [9.17, 15) is 23.1 Å². The first-order valence-electron chi connectivity index (χ1n) is 16.2. The van der Waals surface area contributed by atoms with Crippen molar-refractivity contribution in [2.24, 2.45) is 5.92 Å². The van der Waals surface area contributed by atoms with Gasteiger partial charge in [0.1, 0.15) is 6.04 Å². The molecular formula is C37H45N5O5S. The molecule has 0 aliphatic heterocycles. The number of unbranched alkanes of at least 4 members (excludes halogenated alkanes) is 1. The minimum absolute atomic E-state index is 0.0304. The van der Waals surface area contributed by atoms with Gasteiger partial charge in [0.15, 0.2) is 0 Å². The highest BCUT2D eigenvalue weighted by Gasteiger charge is 2.34. The Hall–Kier alpha value is -4.58. The summed E-state index contributed by atoms with van der Waals surface area (Å²) < 4.78 is 28.6. The summed E-state index contributed by atoms with van der Waals surface area (Å²) in [5.74, 6) is -1.22. The van der Waals surface area contributed by atoms with Crippen molar-refractivity contribution in [2.45, 2.75) is 56.0 Å². The second kappa shape index (κ2) is 17.5. The van der Waals surface area contributed by atoms with E-state index in [0.717, 1.165) is 11.1 Å². The van der Waals surface area contributed by atoms with Crippen LogP contribution in [0.4, 0.5) is 5.69 Å². The SMILES string of the molecule is CC(C)CN([C@H](CO)CCCCNC(=O)[C@@H](NC(=O)c1cccnc1)C(c1ccccc1)c1ccccc1)S(=O)(=O)c1ccc(N)cc1. The van der Waals surface area contributed by atoms with Crippen molar-refractivity contribution in [2.75, 3.05) is 25.4 Å². The van der Waals surface area contributed by atoms with Gasteiger partial charge in [-0.15, -0.1) is 0 Å². The number of anilines is 1. The van der Waals surface area contributed by atoms with Crippen LogP contribution in [0.5, 0.6) is 0 Å². The Morgan fingerprint density at radius 2 is 1.50 bits per heavy atom. The van der Waals surface area contributed by atoms with Gasteiger partial charge < -0.3 is 21.5 Å². The summed E-state index contributed by atoms with van der Waals surface area (Å²) in [6, 6.07) is 26.9. The van der Waals surface area contributed by atoms with Gasteiger partial charge in [-0.1, -0.05) is 80.9 Å². The molecule has 0 fully saturated rings. The number of aromatic nitrogens is 1. The molecule has 0 bridgehead atoms. The molecule has 48 heavy (non-hydrogen) atoms. The molecule has 4 rings (SSSR count). The zero-order valence-corrected chi connectivity index (χ0v) is 28.2. The van der Waals surface area contributed by atoms with Gasteiger partial charge >= 0.3 is 0 Å². The van der Waals surface area contributed by atoms with Crippen molar-refractivity contribution in [1.82, 2.24) is 19.9 Å². The van der Waals surface area contributed by atoms with E-state index in [4.69, 9.17) is 5.73 Å². The van der Waals surface area contributed by atoms with Crippen molar-refractivity contribution in [3.63, 3.8) is 0 Å². The number of hydrogen-bond donors (Lipinski definition) is 4. The molecule has 5 N–H and O–H groups in total. The number of amides is 2. The number of aliphatic hydroxyl groups is 1. The number of hydrogen-bond acceptors (Lipinski definition) is 7. The quantitative estimate of drug-likeness (QED) is 0.0946. The lowest BCUT2D eigenvalue weighted by atomic mass is 9.84. The van der Waals surface area contributed by atoms with E-state index < -0.39 is 33.9 Å². The molecule has 2 amide bonds. The first kappa shape index (κ1) is 36.3. The summed E-state index contributed by atoms with van der Waals surface area (Å²) in [6.45, 7) is 4.05. The van der Waals surface area contributed by atoms with Crippen LogP contribution in [0.3, 0.4) is 0 Å². The third kappa shape index (κ3) is 9.72. The lowest BCUT2D eigenvalue weighted by molar-refractivity contribution is -0.123. The topological polar surface area (TPSA) is 155 Å². The average molecular weight is 672 g/mol. The predicted molar refractivity (Wildman–Crippen MR) is 188 cm³/mol. The van der Waals surface area contributed by atoms with Crippen molar-refractivity contribution in [3.8, 4) is 0 Å². The molecule has 1 aromatic heterocycles. The molecule has 10 nitrogen and oxygen atoms in total. The number of nitrogens with one attached hydrogen (secondary N) is 2. The second-order valence-electron chi connectivity index (χ2n) is 12.2. The molecule has 0 aliphatic rings. The minimum Gasteiger partial charge on any atom is -0.399 e. The first-order valence-corrected chi connectivity index (χ1v) is 17.6. The number of nitrogens with zero attached hydrogens (tertiary/aromatic N) is 2. The zero-order chi connectivity index (χ0) is 34.5. The molecule has 254 valence electrons. The number of sulfonamides is 1. The van der Waals surface area contributed by atoms with Gasteiger partial charge in [0.25, 0.3) is 5.91 Å². The highest BCUT2D eigenvalue weighted by atomic mass is 32.2. The number of pyridine rings is 1. The highest BCUT2D eigenvalue weighted by Crippen LogP contribution is 2.29. The summed E-state index contributed by atoms with van der Waals surface area (Å²) >= 11 is 0. The second-order valence-corrected chi connectivity index (χ2v) is 14.0. The average Bonchev–Trinajstić information content (AvgIpc) is 3.10. The lowest BCUT2D eigenvalue weighted by Gasteiger charge is -2.31. The summed E-state index contributed by atoms with van der Waals surface area (Å²) in [5, 5.41) is 16.3. The van der Waals surface area contributed by atoms with E-state index in [0.29, 0.717) is 37.1 Å². The van der Waals surface area contributed by atoms with Gasteiger partial charge in [0, 0.05) is 43.1 Å². The van der Waals surface area contributed by atoms with Crippen molar-refractivity contribution < 1.29 is 23.1 Å². The largest absolute Gasteiger partial charge is 0.399 e. The van der Waals surface area contributed by atoms with E-state index in [2.05, 4.69) is 15.6 Å². The molecule has 3 aromatic carbocycles. The molecule has 0 aliphatic carbocycles. The zero-order valence-electron chi connectivity index (χ0n) is 27.4.